The van der Waals surface area contributed by atoms with Gasteiger partial charge in [-0.3, -0.25) is 9.69 Å². The van der Waals surface area contributed by atoms with Crippen molar-refractivity contribution in [2.75, 3.05) is 13.7 Å². The molecule has 5 rings (SSSR count). The molecule has 1 aliphatic heterocycles. The van der Waals surface area contributed by atoms with Gasteiger partial charge in [0.15, 0.2) is 11.5 Å². The number of guanidine groups is 1. The number of rotatable bonds is 5. The highest BCUT2D eigenvalue weighted by Gasteiger charge is 2.66. The maximum absolute atomic E-state index is 14.2. The van der Waals surface area contributed by atoms with Crippen LogP contribution in [0.4, 0.5) is 0 Å². The molecular formula is C28H32N4O2. The molecule has 2 aliphatic carbocycles. The van der Waals surface area contributed by atoms with E-state index in [0.717, 1.165) is 61.6 Å². The fraction of sp³-hybridized carbons (Fsp3) is 0.464. The van der Waals surface area contributed by atoms with Gasteiger partial charge in [0, 0.05) is 19.1 Å². The molecule has 1 saturated carbocycles. The average Bonchev–Trinajstić information content (AvgIpc) is 3.28. The zero-order valence-electron chi connectivity index (χ0n) is 20.0. The molecular weight excluding hydrogens is 424 g/mol. The maximum atomic E-state index is 14.2. The number of amides is 1. The monoisotopic (exact) mass is 456 g/mol. The minimum absolute atomic E-state index is 0.0241. The van der Waals surface area contributed by atoms with E-state index in [1.54, 1.807) is 18.1 Å². The number of hydrogen-bond donors (Lipinski definition) is 1. The van der Waals surface area contributed by atoms with Crippen molar-refractivity contribution in [3.63, 3.8) is 0 Å². The van der Waals surface area contributed by atoms with E-state index < -0.39 is 5.54 Å². The van der Waals surface area contributed by atoms with Crippen LogP contribution in [0.1, 0.15) is 62.1 Å². The van der Waals surface area contributed by atoms with Gasteiger partial charge in [-0.2, -0.15) is 5.26 Å². The van der Waals surface area contributed by atoms with Crippen LogP contribution in [0.2, 0.25) is 0 Å². The van der Waals surface area contributed by atoms with Crippen LogP contribution in [0.5, 0.6) is 0 Å². The standard InChI is InChI=1S/C28H32N4O2/c1-3-4-14-32-25(33)28(31-26(32)30)24-16-21(20-7-5-6-19(15-20)18-29)8-9-22(24)17-27(28)12-10-23(34-2)11-13-27/h5-9,15-16,23H,3-4,10-14,17H2,1-2H3,(H2,30,31). The van der Waals surface area contributed by atoms with Gasteiger partial charge >= 0.3 is 0 Å². The number of benzene rings is 2. The number of aliphatic imine (C=N–C) groups is 1. The molecule has 3 aliphatic rings. The lowest BCUT2D eigenvalue weighted by Crippen LogP contribution is -2.52. The van der Waals surface area contributed by atoms with Gasteiger partial charge in [0.2, 0.25) is 0 Å². The molecule has 2 aromatic rings. The second-order valence-electron chi connectivity index (χ2n) is 9.95. The lowest BCUT2D eigenvalue weighted by Gasteiger charge is -2.45. The van der Waals surface area contributed by atoms with E-state index in [0.29, 0.717) is 18.1 Å². The first-order chi connectivity index (χ1) is 16.5. The van der Waals surface area contributed by atoms with Crippen molar-refractivity contribution < 1.29 is 9.53 Å². The van der Waals surface area contributed by atoms with Gasteiger partial charge in [-0.05, 0) is 79.0 Å². The first-order valence-electron chi connectivity index (χ1n) is 12.3. The van der Waals surface area contributed by atoms with Crippen molar-refractivity contribution in [1.29, 1.82) is 5.26 Å². The number of unbranched alkanes of at least 4 members (excludes halogenated alkanes) is 1. The first kappa shape index (κ1) is 22.6. The zero-order chi connectivity index (χ0) is 23.9. The summed E-state index contributed by atoms with van der Waals surface area (Å²) in [6.45, 7) is 2.71. The molecule has 2 N–H and O–H groups in total. The topological polar surface area (TPSA) is 91.7 Å². The molecule has 1 unspecified atom stereocenters. The Labute approximate surface area is 201 Å². The van der Waals surface area contributed by atoms with Gasteiger partial charge in [0.1, 0.15) is 0 Å². The number of methoxy groups -OCH3 is 1. The molecule has 0 bridgehead atoms. The summed E-state index contributed by atoms with van der Waals surface area (Å²) < 4.78 is 5.66. The molecule has 6 nitrogen and oxygen atoms in total. The highest BCUT2D eigenvalue weighted by atomic mass is 16.5. The van der Waals surface area contributed by atoms with Crippen LogP contribution in [-0.4, -0.2) is 36.5 Å². The Morgan fingerprint density at radius 3 is 2.68 bits per heavy atom. The quantitative estimate of drug-likeness (QED) is 0.717. The van der Waals surface area contributed by atoms with E-state index in [1.165, 1.54) is 5.56 Å². The first-order valence-corrected chi connectivity index (χ1v) is 12.3. The van der Waals surface area contributed by atoms with E-state index >= 15 is 0 Å². The summed E-state index contributed by atoms with van der Waals surface area (Å²) in [7, 11) is 1.77. The molecule has 0 saturated heterocycles. The molecule has 0 radical (unpaired) electrons. The third-order valence-corrected chi connectivity index (χ3v) is 8.19. The average molecular weight is 457 g/mol. The van der Waals surface area contributed by atoms with Crippen LogP contribution in [0.3, 0.4) is 0 Å². The number of nitrogens with two attached hydrogens (primary N) is 1. The summed E-state index contributed by atoms with van der Waals surface area (Å²) in [5.41, 5.74) is 9.91. The van der Waals surface area contributed by atoms with Crippen molar-refractivity contribution in [3.8, 4) is 17.2 Å². The molecule has 176 valence electrons. The fourth-order valence-electron chi connectivity index (χ4n) is 6.34. The molecule has 6 heteroatoms. The SMILES string of the molecule is CCCCN1C(=O)C2(N=C1N)c1cc(-c3cccc(C#N)c3)ccc1CC21CCC(OC)CC1. The van der Waals surface area contributed by atoms with Crippen molar-refractivity contribution >= 4 is 11.9 Å². The molecule has 1 fully saturated rings. The number of hydrogen-bond acceptors (Lipinski definition) is 5. The number of nitriles is 1. The second-order valence-corrected chi connectivity index (χ2v) is 9.95. The van der Waals surface area contributed by atoms with Crippen molar-refractivity contribution in [2.24, 2.45) is 16.1 Å². The predicted molar refractivity (Wildman–Crippen MR) is 132 cm³/mol. The summed E-state index contributed by atoms with van der Waals surface area (Å²) in [5, 5.41) is 9.36. The Bertz CT molecular complexity index is 1190. The molecule has 34 heavy (non-hydrogen) atoms. The van der Waals surface area contributed by atoms with Crippen LogP contribution in [0.25, 0.3) is 11.1 Å². The van der Waals surface area contributed by atoms with Gasteiger partial charge < -0.3 is 10.5 Å². The highest BCUT2D eigenvalue weighted by molar-refractivity contribution is 6.08. The minimum atomic E-state index is -0.984. The summed E-state index contributed by atoms with van der Waals surface area (Å²) >= 11 is 0. The van der Waals surface area contributed by atoms with Crippen LogP contribution in [0, 0.1) is 16.7 Å². The number of fused-ring (bicyclic) bond motifs is 3. The summed E-state index contributed by atoms with van der Waals surface area (Å²) in [5.74, 6) is 0.368. The predicted octanol–water partition coefficient (Wildman–Crippen LogP) is 4.51. The van der Waals surface area contributed by atoms with Gasteiger partial charge in [-0.25, -0.2) is 4.99 Å². The normalized spacial score (nSPS) is 27.8. The largest absolute Gasteiger partial charge is 0.381 e. The summed E-state index contributed by atoms with van der Waals surface area (Å²) in [4.78, 5) is 21.0. The Kier molecular flexibility index (Phi) is 5.69. The van der Waals surface area contributed by atoms with E-state index in [1.807, 2.05) is 18.2 Å². The number of nitrogens with zero attached hydrogens (tertiary/aromatic N) is 3. The highest BCUT2D eigenvalue weighted by Crippen LogP contribution is 2.62. The Morgan fingerprint density at radius 1 is 1.21 bits per heavy atom. The van der Waals surface area contributed by atoms with Crippen LogP contribution in [-0.2, 0) is 21.5 Å². The number of carbonyl (C=O) groups excluding carboxylic acids is 1. The fourth-order valence-corrected chi connectivity index (χ4v) is 6.34. The lowest BCUT2D eigenvalue weighted by atomic mass is 9.61. The molecule has 0 aromatic heterocycles. The van der Waals surface area contributed by atoms with Crippen molar-refractivity contribution in [2.45, 2.75) is 63.5 Å². The molecule has 2 spiro atoms. The van der Waals surface area contributed by atoms with Gasteiger partial charge in [-0.15, -0.1) is 0 Å². The minimum Gasteiger partial charge on any atom is -0.381 e. The molecule has 2 aromatic carbocycles. The molecule has 1 atom stereocenters. The van der Waals surface area contributed by atoms with Crippen LogP contribution >= 0.6 is 0 Å². The van der Waals surface area contributed by atoms with E-state index in [9.17, 15) is 10.1 Å². The zero-order valence-corrected chi connectivity index (χ0v) is 20.0. The number of carbonyl (C=O) groups is 1. The third-order valence-electron chi connectivity index (χ3n) is 8.19. The lowest BCUT2D eigenvalue weighted by molar-refractivity contribution is -0.138. The number of ether oxygens (including phenoxy) is 1. The van der Waals surface area contributed by atoms with Gasteiger partial charge in [0.25, 0.3) is 5.91 Å². The van der Waals surface area contributed by atoms with Gasteiger partial charge in [0.05, 0.1) is 17.7 Å². The van der Waals surface area contributed by atoms with Crippen LogP contribution < -0.4 is 5.73 Å². The van der Waals surface area contributed by atoms with E-state index in [2.05, 4.69) is 31.2 Å². The van der Waals surface area contributed by atoms with Crippen LogP contribution in [0.15, 0.2) is 47.5 Å². The van der Waals surface area contributed by atoms with Crippen molar-refractivity contribution in [1.82, 2.24) is 4.90 Å². The second kappa shape index (κ2) is 8.56. The Morgan fingerprint density at radius 2 is 1.97 bits per heavy atom. The van der Waals surface area contributed by atoms with Gasteiger partial charge in [-0.1, -0.05) is 37.6 Å². The Hall–Kier alpha value is -3.17. The summed E-state index contributed by atoms with van der Waals surface area (Å²) in [6.07, 6.45) is 6.52. The smallest absolute Gasteiger partial charge is 0.262 e. The molecule has 1 heterocycles. The summed E-state index contributed by atoms with van der Waals surface area (Å²) in [6, 6.07) is 16.2. The van der Waals surface area contributed by atoms with E-state index in [-0.39, 0.29) is 17.4 Å². The van der Waals surface area contributed by atoms with E-state index in [4.69, 9.17) is 15.5 Å². The molecule has 1 amide bonds. The maximum Gasteiger partial charge on any atom is 0.262 e. The van der Waals surface area contributed by atoms with Crippen molar-refractivity contribution in [3.05, 3.63) is 59.2 Å². The third kappa shape index (κ3) is 3.25. The Balaban J connectivity index is 1.64.